The van der Waals surface area contributed by atoms with Gasteiger partial charge in [0.15, 0.2) is 0 Å². The van der Waals surface area contributed by atoms with Gasteiger partial charge in [-0.15, -0.1) is 0 Å². The van der Waals surface area contributed by atoms with Gasteiger partial charge in [0.1, 0.15) is 11.4 Å². The van der Waals surface area contributed by atoms with Crippen molar-refractivity contribution in [3.8, 4) is 11.6 Å². The van der Waals surface area contributed by atoms with Gasteiger partial charge >= 0.3 is 0 Å². The third-order valence-corrected chi connectivity index (χ3v) is 2.12. The number of ether oxygens (including phenoxy) is 2. The molecule has 0 radical (unpaired) electrons. The molecule has 0 unspecified atom stereocenters. The highest BCUT2D eigenvalue weighted by atomic mass is 16.5. The Balaban J connectivity index is 2.16. The number of rotatable bonds is 4. The number of pyridine rings is 1. The van der Waals surface area contributed by atoms with E-state index >= 15 is 0 Å². The molecule has 0 bridgehead atoms. The topological polar surface area (TPSA) is 43.4 Å². The van der Waals surface area contributed by atoms with Gasteiger partial charge in [-0.25, -0.2) is 4.98 Å². The predicted octanol–water partition coefficient (Wildman–Crippen LogP) is 1.67. The van der Waals surface area contributed by atoms with Gasteiger partial charge in [-0.1, -0.05) is 0 Å². The van der Waals surface area contributed by atoms with E-state index in [9.17, 15) is 0 Å². The van der Waals surface area contributed by atoms with Crippen molar-refractivity contribution in [3.05, 3.63) is 12.3 Å². The van der Waals surface area contributed by atoms with Gasteiger partial charge in [0, 0.05) is 13.1 Å². The molecule has 14 heavy (non-hydrogen) atoms. The van der Waals surface area contributed by atoms with Crippen LogP contribution < -0.4 is 14.8 Å². The maximum Gasteiger partial charge on any atom is 0.237 e. The number of nitrogens with one attached hydrogen (secondary N) is 1. The molecule has 0 amide bonds. The van der Waals surface area contributed by atoms with Crippen molar-refractivity contribution in [2.75, 3.05) is 19.5 Å². The van der Waals surface area contributed by atoms with E-state index in [2.05, 4.69) is 10.3 Å². The van der Waals surface area contributed by atoms with Gasteiger partial charge in [0.05, 0.1) is 19.4 Å². The van der Waals surface area contributed by atoms with Crippen molar-refractivity contribution >= 4 is 5.69 Å². The smallest absolute Gasteiger partial charge is 0.237 e. The van der Waals surface area contributed by atoms with Crippen LogP contribution in [0.2, 0.25) is 0 Å². The van der Waals surface area contributed by atoms with Crippen molar-refractivity contribution in [3.63, 3.8) is 0 Å². The fourth-order valence-corrected chi connectivity index (χ4v) is 1.22. The van der Waals surface area contributed by atoms with Crippen LogP contribution in [-0.2, 0) is 0 Å². The lowest BCUT2D eigenvalue weighted by atomic mass is 10.4. The average Bonchev–Trinajstić information content (AvgIpc) is 3.01. The second-order valence-electron chi connectivity index (χ2n) is 3.30. The van der Waals surface area contributed by atoms with E-state index < -0.39 is 0 Å². The number of aromatic nitrogens is 1. The zero-order chi connectivity index (χ0) is 9.97. The van der Waals surface area contributed by atoms with Gasteiger partial charge in [-0.05, 0) is 12.8 Å². The number of methoxy groups -OCH3 is 1. The average molecular weight is 194 g/mol. The Morgan fingerprint density at radius 2 is 2.29 bits per heavy atom. The predicted molar refractivity (Wildman–Crippen MR) is 54.0 cm³/mol. The number of nitrogens with zero attached hydrogens (tertiary/aromatic N) is 1. The van der Waals surface area contributed by atoms with Crippen LogP contribution in [0.25, 0.3) is 0 Å². The first-order chi connectivity index (χ1) is 6.83. The Morgan fingerprint density at radius 1 is 1.50 bits per heavy atom. The fourth-order valence-electron chi connectivity index (χ4n) is 1.22. The zero-order valence-corrected chi connectivity index (χ0v) is 8.41. The summed E-state index contributed by atoms with van der Waals surface area (Å²) in [6.45, 7) is 0. The Bertz CT molecular complexity index is 324. The molecular weight excluding hydrogens is 180 g/mol. The summed E-state index contributed by atoms with van der Waals surface area (Å²) in [7, 11) is 3.44. The van der Waals surface area contributed by atoms with Crippen LogP contribution in [-0.4, -0.2) is 25.2 Å². The molecule has 1 N–H and O–H groups in total. The van der Waals surface area contributed by atoms with E-state index in [1.165, 1.54) is 0 Å². The largest absolute Gasteiger partial charge is 0.489 e. The van der Waals surface area contributed by atoms with Crippen LogP contribution in [0.15, 0.2) is 12.3 Å². The summed E-state index contributed by atoms with van der Waals surface area (Å²) >= 11 is 0. The SMILES string of the molecule is CNc1cc(OC2CC2)cnc1OC. The van der Waals surface area contributed by atoms with Crippen molar-refractivity contribution in [2.45, 2.75) is 18.9 Å². The normalized spacial score (nSPS) is 15.0. The third kappa shape index (κ3) is 1.89. The molecule has 1 aromatic rings. The molecule has 0 spiro atoms. The summed E-state index contributed by atoms with van der Waals surface area (Å²) in [6.07, 6.45) is 4.40. The minimum atomic E-state index is 0.398. The highest BCUT2D eigenvalue weighted by Crippen LogP contribution is 2.30. The molecule has 1 fully saturated rings. The summed E-state index contributed by atoms with van der Waals surface area (Å²) in [4.78, 5) is 4.14. The minimum Gasteiger partial charge on any atom is -0.489 e. The van der Waals surface area contributed by atoms with Crippen LogP contribution in [0.4, 0.5) is 5.69 Å². The molecule has 4 heteroatoms. The Labute approximate surface area is 83.2 Å². The van der Waals surface area contributed by atoms with Crippen LogP contribution >= 0.6 is 0 Å². The molecule has 1 aliphatic rings. The number of hydrogen-bond donors (Lipinski definition) is 1. The molecule has 2 rings (SSSR count). The number of hydrogen-bond acceptors (Lipinski definition) is 4. The Hall–Kier alpha value is -1.45. The minimum absolute atomic E-state index is 0.398. The van der Waals surface area contributed by atoms with Gasteiger partial charge < -0.3 is 14.8 Å². The first-order valence-electron chi connectivity index (χ1n) is 4.72. The first kappa shape index (κ1) is 9.12. The molecule has 1 saturated carbocycles. The second-order valence-corrected chi connectivity index (χ2v) is 3.30. The molecule has 1 aliphatic carbocycles. The van der Waals surface area contributed by atoms with Gasteiger partial charge in [0.25, 0.3) is 0 Å². The lowest BCUT2D eigenvalue weighted by molar-refractivity contribution is 0.300. The van der Waals surface area contributed by atoms with Gasteiger partial charge in [0.2, 0.25) is 5.88 Å². The van der Waals surface area contributed by atoms with Crippen molar-refractivity contribution in [2.24, 2.45) is 0 Å². The molecule has 0 aromatic carbocycles. The summed E-state index contributed by atoms with van der Waals surface area (Å²) in [5.41, 5.74) is 0.852. The highest BCUT2D eigenvalue weighted by Gasteiger charge is 2.23. The van der Waals surface area contributed by atoms with Crippen LogP contribution in [0.1, 0.15) is 12.8 Å². The van der Waals surface area contributed by atoms with Crippen molar-refractivity contribution in [1.82, 2.24) is 4.98 Å². The summed E-state index contributed by atoms with van der Waals surface area (Å²) in [6, 6.07) is 1.91. The maximum atomic E-state index is 5.61. The van der Waals surface area contributed by atoms with Gasteiger partial charge in [-0.3, -0.25) is 0 Å². The van der Waals surface area contributed by atoms with Crippen molar-refractivity contribution < 1.29 is 9.47 Å². The summed E-state index contributed by atoms with van der Waals surface area (Å²) in [5, 5.41) is 3.01. The molecule has 4 nitrogen and oxygen atoms in total. The lowest BCUT2D eigenvalue weighted by Crippen LogP contribution is -2.00. The molecular formula is C10H14N2O2. The van der Waals surface area contributed by atoms with E-state index in [-0.39, 0.29) is 0 Å². The monoisotopic (exact) mass is 194 g/mol. The Morgan fingerprint density at radius 3 is 2.86 bits per heavy atom. The number of anilines is 1. The molecule has 0 aliphatic heterocycles. The molecule has 0 saturated heterocycles. The first-order valence-corrected chi connectivity index (χ1v) is 4.72. The van der Waals surface area contributed by atoms with E-state index in [0.717, 1.165) is 24.3 Å². The van der Waals surface area contributed by atoms with E-state index in [4.69, 9.17) is 9.47 Å². The zero-order valence-electron chi connectivity index (χ0n) is 8.41. The van der Waals surface area contributed by atoms with Crippen LogP contribution in [0.3, 0.4) is 0 Å². The lowest BCUT2D eigenvalue weighted by Gasteiger charge is -2.09. The molecule has 1 aromatic heterocycles. The second kappa shape index (κ2) is 3.74. The van der Waals surface area contributed by atoms with E-state index in [1.807, 2.05) is 13.1 Å². The quantitative estimate of drug-likeness (QED) is 0.791. The molecule has 0 atom stereocenters. The fraction of sp³-hybridized carbons (Fsp3) is 0.500. The Kier molecular flexibility index (Phi) is 2.43. The van der Waals surface area contributed by atoms with Crippen LogP contribution in [0, 0.1) is 0 Å². The highest BCUT2D eigenvalue weighted by molar-refractivity contribution is 5.55. The maximum absolute atomic E-state index is 5.61. The van der Waals surface area contributed by atoms with Gasteiger partial charge in [-0.2, -0.15) is 0 Å². The standard InChI is InChI=1S/C10H14N2O2/c1-11-9-5-8(14-7-3-4-7)6-12-10(9)13-2/h5-7,11H,3-4H2,1-2H3. The summed E-state index contributed by atoms with van der Waals surface area (Å²) < 4.78 is 10.7. The van der Waals surface area contributed by atoms with E-state index in [1.54, 1.807) is 13.3 Å². The van der Waals surface area contributed by atoms with Crippen molar-refractivity contribution in [1.29, 1.82) is 0 Å². The van der Waals surface area contributed by atoms with E-state index in [0.29, 0.717) is 12.0 Å². The summed E-state index contributed by atoms with van der Waals surface area (Å²) in [5.74, 6) is 1.40. The van der Waals surface area contributed by atoms with Crippen LogP contribution in [0.5, 0.6) is 11.6 Å². The molecule has 76 valence electrons. The third-order valence-electron chi connectivity index (χ3n) is 2.12. The molecule has 1 heterocycles.